The third-order valence-electron chi connectivity index (χ3n) is 6.69. The monoisotopic (exact) mass is 611 g/mol. The number of carboxylic acid groups (broad SMARTS) is 1. The molecule has 0 unspecified atom stereocenters. The Morgan fingerprint density at radius 3 is 2.56 bits per heavy atom. The minimum absolute atomic E-state index is 0.0124. The number of H-pyrrole nitrogens is 1. The van der Waals surface area contributed by atoms with E-state index in [4.69, 9.17) is 11.5 Å². The van der Waals surface area contributed by atoms with Crippen molar-refractivity contribution in [2.24, 2.45) is 0 Å². The predicted molar refractivity (Wildman–Crippen MR) is 163 cm³/mol. The van der Waals surface area contributed by atoms with Crippen molar-refractivity contribution in [3.05, 3.63) is 71.0 Å². The molecular formula is C28H29N13O4. The Balaban J connectivity index is 1.11. The van der Waals surface area contributed by atoms with Crippen LogP contribution in [0.15, 0.2) is 48.7 Å². The normalized spacial score (nSPS) is 11.6. The van der Waals surface area contributed by atoms with Gasteiger partial charge in [0.15, 0.2) is 17.0 Å². The number of nitrogens with zero attached hydrogens (tertiary/aromatic N) is 7. The lowest BCUT2D eigenvalue weighted by Gasteiger charge is -2.15. The smallest absolute Gasteiger partial charge is 0.326 e. The number of amides is 2. The number of carbonyl (C=O) groups is 3. The quantitative estimate of drug-likeness (QED) is 0.0973. The van der Waals surface area contributed by atoms with E-state index in [1.165, 1.54) is 6.20 Å². The second-order valence-electron chi connectivity index (χ2n) is 9.98. The molecule has 0 radical (unpaired) electrons. The van der Waals surface area contributed by atoms with Crippen LogP contribution in [0.25, 0.3) is 22.6 Å². The largest absolute Gasteiger partial charge is 0.480 e. The van der Waals surface area contributed by atoms with Gasteiger partial charge in [-0.1, -0.05) is 11.6 Å². The Labute approximate surface area is 255 Å². The number of aromatic nitrogens is 8. The van der Waals surface area contributed by atoms with E-state index in [0.717, 1.165) is 5.56 Å². The fourth-order valence-electron chi connectivity index (χ4n) is 4.42. The molecule has 230 valence electrons. The Kier molecular flexibility index (Phi) is 8.97. The van der Waals surface area contributed by atoms with E-state index in [0.29, 0.717) is 46.6 Å². The van der Waals surface area contributed by atoms with Gasteiger partial charge in [-0.25, -0.2) is 14.8 Å². The van der Waals surface area contributed by atoms with Crippen LogP contribution in [0.4, 0.5) is 17.5 Å². The highest BCUT2D eigenvalue weighted by atomic mass is 16.4. The van der Waals surface area contributed by atoms with Crippen LogP contribution in [0.1, 0.15) is 44.8 Å². The first-order chi connectivity index (χ1) is 21.7. The number of anilines is 3. The summed E-state index contributed by atoms with van der Waals surface area (Å²) in [5, 5.41) is 32.0. The van der Waals surface area contributed by atoms with Gasteiger partial charge in [0.2, 0.25) is 11.8 Å². The molecule has 0 saturated carbocycles. The van der Waals surface area contributed by atoms with Crippen molar-refractivity contribution in [3.8, 4) is 11.4 Å². The number of hydrogen-bond donors (Lipinski definition) is 7. The second-order valence-corrected chi connectivity index (χ2v) is 9.98. The molecule has 17 heteroatoms. The summed E-state index contributed by atoms with van der Waals surface area (Å²) in [7, 11) is 0. The van der Waals surface area contributed by atoms with Gasteiger partial charge in [-0.15, -0.1) is 10.2 Å². The fraction of sp³-hybridized carbons (Fsp3) is 0.214. The summed E-state index contributed by atoms with van der Waals surface area (Å²) in [6, 6.07) is 10.6. The Morgan fingerprint density at radius 2 is 1.82 bits per heavy atom. The van der Waals surface area contributed by atoms with Crippen LogP contribution >= 0.6 is 0 Å². The number of fused-ring (bicyclic) bond motifs is 1. The van der Waals surface area contributed by atoms with Gasteiger partial charge in [-0.2, -0.15) is 15.2 Å². The zero-order chi connectivity index (χ0) is 31.9. The van der Waals surface area contributed by atoms with Gasteiger partial charge in [0, 0.05) is 23.4 Å². The molecule has 1 atom stereocenters. The summed E-state index contributed by atoms with van der Waals surface area (Å²) >= 11 is 0. The van der Waals surface area contributed by atoms with Gasteiger partial charge >= 0.3 is 5.97 Å². The third-order valence-corrected chi connectivity index (χ3v) is 6.69. The lowest BCUT2D eigenvalue weighted by Crippen LogP contribution is -2.41. The van der Waals surface area contributed by atoms with Gasteiger partial charge < -0.3 is 32.5 Å². The molecule has 0 aliphatic carbocycles. The van der Waals surface area contributed by atoms with Crippen molar-refractivity contribution in [1.29, 1.82) is 0 Å². The average molecular weight is 612 g/mol. The summed E-state index contributed by atoms with van der Waals surface area (Å²) in [5.74, 6) is -1.67. The van der Waals surface area contributed by atoms with Crippen LogP contribution in [-0.2, 0) is 11.3 Å². The number of nitrogens with one attached hydrogen (secondary N) is 4. The number of hydrogen-bond acceptors (Lipinski definition) is 13. The number of benzene rings is 2. The van der Waals surface area contributed by atoms with Gasteiger partial charge in [-0.05, 0) is 61.4 Å². The Bertz CT molecular complexity index is 1850. The Morgan fingerprint density at radius 1 is 1.02 bits per heavy atom. The lowest BCUT2D eigenvalue weighted by molar-refractivity contribution is -0.139. The molecule has 5 rings (SSSR count). The molecule has 17 nitrogen and oxygen atoms in total. The SMILES string of the molecule is Cc1ccc(C(=O)NCCC[C@H](NC(=O)c2ccc(NCc3cnc4nc(N)nc(N)c4n3)cc2)C(=O)O)c(-c2nn[nH]n2)c1. The van der Waals surface area contributed by atoms with Crippen molar-refractivity contribution in [2.45, 2.75) is 32.4 Å². The number of carboxylic acids is 1. The predicted octanol–water partition coefficient (Wildman–Crippen LogP) is 1.08. The molecule has 0 fully saturated rings. The number of aliphatic carboxylic acids is 1. The summed E-state index contributed by atoms with van der Waals surface area (Å²) < 4.78 is 0. The van der Waals surface area contributed by atoms with Crippen LogP contribution in [-0.4, -0.2) is 76.0 Å². The van der Waals surface area contributed by atoms with E-state index in [1.54, 1.807) is 42.5 Å². The molecular weight excluding hydrogens is 582 g/mol. The number of nitrogen functional groups attached to an aromatic ring is 2. The zero-order valence-electron chi connectivity index (χ0n) is 24.0. The minimum Gasteiger partial charge on any atom is -0.480 e. The van der Waals surface area contributed by atoms with Crippen molar-refractivity contribution in [2.75, 3.05) is 23.3 Å². The minimum atomic E-state index is -1.18. The molecule has 5 aromatic rings. The number of tetrazole rings is 1. The van der Waals surface area contributed by atoms with Crippen LogP contribution in [0.3, 0.4) is 0 Å². The summed E-state index contributed by atoms with van der Waals surface area (Å²) in [6.45, 7) is 2.37. The van der Waals surface area contributed by atoms with Gasteiger partial charge in [0.1, 0.15) is 6.04 Å². The second kappa shape index (κ2) is 13.4. The van der Waals surface area contributed by atoms with E-state index in [1.807, 2.05) is 6.92 Å². The highest BCUT2D eigenvalue weighted by Gasteiger charge is 2.21. The van der Waals surface area contributed by atoms with E-state index >= 15 is 0 Å². The maximum atomic E-state index is 12.8. The zero-order valence-corrected chi connectivity index (χ0v) is 24.0. The number of carbonyl (C=O) groups excluding carboxylic acids is 2. The van der Waals surface area contributed by atoms with Crippen molar-refractivity contribution in [3.63, 3.8) is 0 Å². The molecule has 3 aromatic heterocycles. The first-order valence-electron chi connectivity index (χ1n) is 13.7. The standard InChI is InChI=1S/C28H29N13O4/c1-14-4-9-18(19(11-14)23-38-40-41-39-23)26(43)31-10-2-3-20(27(44)45)35-25(42)15-5-7-16(8-6-15)32-12-17-13-33-24-21(34-17)22(29)36-28(30)37-24/h4-9,11,13,20,32H,2-3,10,12H2,1H3,(H,31,43)(H,35,42)(H,44,45)(H,38,39,40,41)(H4,29,30,33,36,37)/t20-/m0/s1. The first kappa shape index (κ1) is 30.2. The number of nitrogens with two attached hydrogens (primary N) is 2. The van der Waals surface area contributed by atoms with E-state index in [-0.39, 0.29) is 42.0 Å². The fourth-order valence-corrected chi connectivity index (χ4v) is 4.42. The van der Waals surface area contributed by atoms with Crippen molar-refractivity contribution >= 4 is 46.4 Å². The van der Waals surface area contributed by atoms with Gasteiger partial charge in [0.05, 0.1) is 24.0 Å². The molecule has 2 amide bonds. The summed E-state index contributed by atoms with van der Waals surface area (Å²) in [4.78, 5) is 54.0. The highest BCUT2D eigenvalue weighted by Crippen LogP contribution is 2.21. The molecule has 0 aliphatic rings. The van der Waals surface area contributed by atoms with Crippen molar-refractivity contribution in [1.82, 2.24) is 51.2 Å². The maximum Gasteiger partial charge on any atom is 0.326 e. The van der Waals surface area contributed by atoms with Crippen molar-refractivity contribution < 1.29 is 19.5 Å². The molecule has 0 aliphatic heterocycles. The van der Waals surface area contributed by atoms with Gasteiger partial charge in [0.25, 0.3) is 11.8 Å². The van der Waals surface area contributed by atoms with Crippen LogP contribution in [0, 0.1) is 6.92 Å². The number of rotatable bonds is 12. The molecule has 0 saturated heterocycles. The Hall–Kier alpha value is -6.26. The van der Waals surface area contributed by atoms with Crippen LogP contribution < -0.4 is 27.4 Å². The van der Waals surface area contributed by atoms with Crippen LogP contribution in [0.2, 0.25) is 0 Å². The van der Waals surface area contributed by atoms with Gasteiger partial charge in [-0.3, -0.25) is 9.59 Å². The van der Waals surface area contributed by atoms with E-state index in [2.05, 4.69) is 56.5 Å². The third kappa shape index (κ3) is 7.39. The lowest BCUT2D eigenvalue weighted by atomic mass is 10.0. The highest BCUT2D eigenvalue weighted by molar-refractivity contribution is 6.00. The van der Waals surface area contributed by atoms with E-state index in [9.17, 15) is 19.5 Å². The molecule has 45 heavy (non-hydrogen) atoms. The summed E-state index contributed by atoms with van der Waals surface area (Å²) in [6.07, 6.45) is 1.94. The number of aryl methyl sites for hydroxylation is 1. The van der Waals surface area contributed by atoms with E-state index < -0.39 is 17.9 Å². The first-order valence-corrected chi connectivity index (χ1v) is 13.7. The summed E-state index contributed by atoms with van der Waals surface area (Å²) in [5.41, 5.74) is 15.4. The molecule has 9 N–H and O–H groups in total. The molecule has 2 aromatic carbocycles. The number of aromatic amines is 1. The topological polar surface area (TPSA) is 266 Å². The molecule has 3 heterocycles. The molecule has 0 spiro atoms. The maximum absolute atomic E-state index is 12.8. The average Bonchev–Trinajstić information content (AvgIpc) is 3.56. The molecule has 0 bridgehead atoms. The van der Waals surface area contributed by atoms with Crippen LogP contribution in [0.5, 0.6) is 0 Å².